The molecule has 0 spiro atoms. The van der Waals surface area contributed by atoms with E-state index in [0.29, 0.717) is 6.61 Å². The van der Waals surface area contributed by atoms with Gasteiger partial charge in [-0.15, -0.1) is 11.8 Å². The second-order valence-corrected chi connectivity index (χ2v) is 3.47. The van der Waals surface area contributed by atoms with Gasteiger partial charge in [0.15, 0.2) is 0 Å². The summed E-state index contributed by atoms with van der Waals surface area (Å²) in [4.78, 5) is 10.9. The fourth-order valence-electron chi connectivity index (χ4n) is 0.578. The van der Waals surface area contributed by atoms with Crippen LogP contribution in [0.2, 0.25) is 0 Å². The van der Waals surface area contributed by atoms with Gasteiger partial charge in [-0.3, -0.25) is 4.79 Å². The molecule has 0 saturated heterocycles. The van der Waals surface area contributed by atoms with Gasteiger partial charge in [0.05, 0.1) is 11.9 Å². The predicted octanol–water partition coefficient (Wildman–Crippen LogP) is 1.69. The third-order valence-electron chi connectivity index (χ3n) is 1.04. The van der Waals surface area contributed by atoms with Gasteiger partial charge in [0.2, 0.25) is 0 Å². The first-order chi connectivity index (χ1) is 4.72. The van der Waals surface area contributed by atoms with Crippen LogP contribution in [0.5, 0.6) is 0 Å². The third kappa shape index (κ3) is 3.77. The molecule has 0 fully saturated rings. The Kier molecular flexibility index (Phi) is 5.49. The van der Waals surface area contributed by atoms with Crippen LogP contribution >= 0.6 is 11.8 Å². The molecule has 0 rings (SSSR count). The van der Waals surface area contributed by atoms with Crippen molar-refractivity contribution in [3.63, 3.8) is 0 Å². The Morgan fingerprint density at radius 3 is 2.60 bits per heavy atom. The van der Waals surface area contributed by atoms with E-state index < -0.39 is 0 Å². The van der Waals surface area contributed by atoms with E-state index in [1.165, 1.54) is 0 Å². The van der Waals surface area contributed by atoms with Crippen molar-refractivity contribution in [1.29, 1.82) is 0 Å². The zero-order valence-electron chi connectivity index (χ0n) is 6.72. The molecule has 60 valence electrons. The van der Waals surface area contributed by atoms with Gasteiger partial charge in [0.25, 0.3) is 0 Å². The number of ether oxygens (including phenoxy) is 1. The van der Waals surface area contributed by atoms with Gasteiger partial charge in [-0.2, -0.15) is 0 Å². The minimum atomic E-state index is -0.102. The number of hydrogen-bond acceptors (Lipinski definition) is 3. The summed E-state index contributed by atoms with van der Waals surface area (Å²) in [5.74, 6) is 0.856. The minimum absolute atomic E-state index is 0.00931. The minimum Gasteiger partial charge on any atom is -0.465 e. The number of rotatable bonds is 4. The van der Waals surface area contributed by atoms with E-state index >= 15 is 0 Å². The van der Waals surface area contributed by atoms with Gasteiger partial charge in [-0.25, -0.2) is 0 Å². The van der Waals surface area contributed by atoms with Crippen molar-refractivity contribution in [2.45, 2.75) is 26.0 Å². The highest BCUT2D eigenvalue weighted by Gasteiger charge is 2.11. The van der Waals surface area contributed by atoms with Crippen LogP contribution in [0.3, 0.4) is 0 Å². The topological polar surface area (TPSA) is 26.3 Å². The van der Waals surface area contributed by atoms with Crippen LogP contribution in [0.15, 0.2) is 0 Å². The maximum absolute atomic E-state index is 10.9. The van der Waals surface area contributed by atoms with Crippen LogP contribution in [0.25, 0.3) is 0 Å². The van der Waals surface area contributed by atoms with E-state index in [4.69, 9.17) is 4.74 Å². The van der Waals surface area contributed by atoms with Crippen LogP contribution in [-0.4, -0.2) is 23.6 Å². The average molecular weight is 162 g/mol. The van der Waals surface area contributed by atoms with E-state index in [1.807, 2.05) is 20.8 Å². The lowest BCUT2D eigenvalue weighted by atomic mass is 10.5. The van der Waals surface area contributed by atoms with Crippen molar-refractivity contribution >= 4 is 17.7 Å². The van der Waals surface area contributed by atoms with Crippen molar-refractivity contribution in [2.24, 2.45) is 0 Å². The average Bonchev–Trinajstić information content (AvgIpc) is 1.89. The van der Waals surface area contributed by atoms with Crippen molar-refractivity contribution < 1.29 is 9.53 Å². The molecule has 0 N–H and O–H groups in total. The van der Waals surface area contributed by atoms with Gasteiger partial charge in [0.1, 0.15) is 0 Å². The Morgan fingerprint density at radius 2 is 2.20 bits per heavy atom. The van der Waals surface area contributed by atoms with Gasteiger partial charge < -0.3 is 4.74 Å². The van der Waals surface area contributed by atoms with E-state index in [0.717, 1.165) is 5.75 Å². The number of carbonyl (C=O) groups is 1. The summed E-state index contributed by atoms with van der Waals surface area (Å²) in [5, 5.41) is -0.00931. The van der Waals surface area contributed by atoms with Gasteiger partial charge in [-0.1, -0.05) is 6.92 Å². The molecule has 1 atom stereocenters. The number of hydrogen-bond donors (Lipinski definition) is 0. The molecule has 2 nitrogen and oxygen atoms in total. The molecule has 10 heavy (non-hydrogen) atoms. The normalized spacial score (nSPS) is 12.7. The maximum Gasteiger partial charge on any atom is 0.318 e. The van der Waals surface area contributed by atoms with E-state index in [9.17, 15) is 4.79 Å². The first-order valence-electron chi connectivity index (χ1n) is 3.50. The summed E-state index contributed by atoms with van der Waals surface area (Å²) in [6.45, 7) is 6.20. The van der Waals surface area contributed by atoms with Gasteiger partial charge >= 0.3 is 5.97 Å². The van der Waals surface area contributed by atoms with Gasteiger partial charge in [0, 0.05) is 0 Å². The Morgan fingerprint density at radius 1 is 1.60 bits per heavy atom. The molecular formula is C7H14O2S. The molecule has 0 aromatic heterocycles. The summed E-state index contributed by atoms with van der Waals surface area (Å²) in [7, 11) is 0. The fraction of sp³-hybridized carbons (Fsp3) is 0.857. The molecule has 0 amide bonds. The molecule has 0 bridgehead atoms. The summed E-state index contributed by atoms with van der Waals surface area (Å²) >= 11 is 1.60. The van der Waals surface area contributed by atoms with Crippen molar-refractivity contribution in [3.05, 3.63) is 0 Å². The molecule has 0 heterocycles. The molecule has 0 aromatic rings. The molecule has 0 radical (unpaired) electrons. The fourth-order valence-corrected chi connectivity index (χ4v) is 1.28. The largest absolute Gasteiger partial charge is 0.465 e. The first kappa shape index (κ1) is 9.82. The summed E-state index contributed by atoms with van der Waals surface area (Å²) in [6, 6.07) is 0. The highest BCUT2D eigenvalue weighted by molar-refractivity contribution is 8.00. The molecular weight excluding hydrogens is 148 g/mol. The SMILES string of the molecule is CCOC(=O)C(C)SCC. The molecule has 0 aliphatic carbocycles. The van der Waals surface area contributed by atoms with Gasteiger partial charge in [-0.05, 0) is 19.6 Å². The quantitative estimate of drug-likeness (QED) is 0.588. The van der Waals surface area contributed by atoms with Crippen LogP contribution < -0.4 is 0 Å². The Bertz CT molecular complexity index is 104. The Hall–Kier alpha value is -0.180. The molecule has 3 heteroatoms. The van der Waals surface area contributed by atoms with E-state index in [-0.39, 0.29) is 11.2 Å². The first-order valence-corrected chi connectivity index (χ1v) is 4.55. The van der Waals surface area contributed by atoms with Crippen LogP contribution in [-0.2, 0) is 9.53 Å². The number of esters is 1. The van der Waals surface area contributed by atoms with Crippen LogP contribution in [0, 0.1) is 0 Å². The molecule has 1 unspecified atom stereocenters. The standard InChI is InChI=1S/C7H14O2S/c1-4-9-7(8)6(3)10-5-2/h6H,4-5H2,1-3H3. The zero-order valence-corrected chi connectivity index (χ0v) is 7.53. The second-order valence-electron chi connectivity index (χ2n) is 1.85. The number of carbonyl (C=O) groups excluding carboxylic acids is 1. The second kappa shape index (κ2) is 5.59. The molecule has 0 aliphatic heterocycles. The van der Waals surface area contributed by atoms with Crippen LogP contribution in [0.4, 0.5) is 0 Å². The Balaban J connectivity index is 3.49. The predicted molar refractivity (Wildman–Crippen MR) is 44.2 cm³/mol. The zero-order chi connectivity index (χ0) is 7.98. The van der Waals surface area contributed by atoms with E-state index in [1.54, 1.807) is 11.8 Å². The summed E-state index contributed by atoms with van der Waals surface area (Å²) < 4.78 is 4.80. The molecule has 0 saturated carbocycles. The Labute approximate surface area is 66.3 Å². The lowest BCUT2D eigenvalue weighted by Crippen LogP contribution is -2.16. The van der Waals surface area contributed by atoms with Crippen molar-refractivity contribution in [1.82, 2.24) is 0 Å². The smallest absolute Gasteiger partial charge is 0.318 e. The van der Waals surface area contributed by atoms with Crippen molar-refractivity contribution in [3.8, 4) is 0 Å². The summed E-state index contributed by atoms with van der Waals surface area (Å²) in [6.07, 6.45) is 0. The lowest BCUT2D eigenvalue weighted by Gasteiger charge is -2.07. The van der Waals surface area contributed by atoms with E-state index in [2.05, 4.69) is 0 Å². The molecule has 0 aliphatic rings. The monoisotopic (exact) mass is 162 g/mol. The molecule has 0 aromatic carbocycles. The highest BCUT2D eigenvalue weighted by atomic mass is 32.2. The highest BCUT2D eigenvalue weighted by Crippen LogP contribution is 2.10. The van der Waals surface area contributed by atoms with Crippen molar-refractivity contribution in [2.75, 3.05) is 12.4 Å². The summed E-state index contributed by atoms with van der Waals surface area (Å²) in [5.41, 5.74) is 0. The third-order valence-corrected chi connectivity index (χ3v) is 2.06. The van der Waals surface area contributed by atoms with Crippen LogP contribution in [0.1, 0.15) is 20.8 Å². The lowest BCUT2D eigenvalue weighted by molar-refractivity contribution is -0.142. The maximum atomic E-state index is 10.9. The number of thioether (sulfide) groups is 1.